The van der Waals surface area contributed by atoms with Crippen molar-refractivity contribution < 1.29 is 0 Å². The lowest BCUT2D eigenvalue weighted by atomic mass is 9.81. The second kappa shape index (κ2) is 3.22. The van der Waals surface area contributed by atoms with Crippen molar-refractivity contribution in [3.05, 3.63) is 36.0 Å². The van der Waals surface area contributed by atoms with Gasteiger partial charge in [0.1, 0.15) is 0 Å². The molecule has 88 valence electrons. The van der Waals surface area contributed by atoms with Crippen LogP contribution in [0.5, 0.6) is 0 Å². The number of fused-ring (bicyclic) bond motifs is 3. The minimum Gasteiger partial charge on any atom is -0.369 e. The fraction of sp³-hybridized carbons (Fsp3) is 0.400. The van der Waals surface area contributed by atoms with Crippen molar-refractivity contribution in [2.45, 2.75) is 32.2 Å². The number of likely N-dealkylation sites (N-methyl/N-ethyl adjacent to an activating group) is 1. The number of pyridine rings is 1. The van der Waals surface area contributed by atoms with E-state index in [1.54, 1.807) is 0 Å². The maximum atomic E-state index is 4.56. The molecule has 1 aromatic carbocycles. The van der Waals surface area contributed by atoms with E-state index in [2.05, 4.69) is 55.9 Å². The van der Waals surface area contributed by atoms with Crippen molar-refractivity contribution >= 4 is 16.6 Å². The zero-order valence-electron chi connectivity index (χ0n) is 10.9. The second-order valence-electron chi connectivity index (χ2n) is 5.55. The Balaban J connectivity index is 2.40. The lowest BCUT2D eigenvalue weighted by Crippen LogP contribution is -2.36. The summed E-state index contributed by atoms with van der Waals surface area (Å²) < 4.78 is 0. The maximum absolute atomic E-state index is 4.56. The number of rotatable bonds is 0. The van der Waals surface area contributed by atoms with E-state index in [0.29, 0.717) is 6.04 Å². The first-order chi connectivity index (χ1) is 8.03. The molecular weight excluding hydrogens is 208 g/mol. The Bertz CT molecular complexity index is 586. The summed E-state index contributed by atoms with van der Waals surface area (Å²) in [6.07, 6.45) is 1.88. The Kier molecular flexibility index (Phi) is 2.00. The van der Waals surface area contributed by atoms with E-state index in [4.69, 9.17) is 0 Å². The van der Waals surface area contributed by atoms with Crippen molar-refractivity contribution in [3.63, 3.8) is 0 Å². The van der Waals surface area contributed by atoms with Gasteiger partial charge in [-0.25, -0.2) is 0 Å². The number of anilines is 1. The normalized spacial score (nSPS) is 21.9. The maximum Gasteiger partial charge on any atom is 0.0938 e. The molecule has 3 rings (SSSR count). The Labute approximate surface area is 102 Å². The summed E-state index contributed by atoms with van der Waals surface area (Å²) in [5.74, 6) is 0. The van der Waals surface area contributed by atoms with Gasteiger partial charge in [0, 0.05) is 30.1 Å². The van der Waals surface area contributed by atoms with Gasteiger partial charge in [0.05, 0.1) is 11.2 Å². The summed E-state index contributed by atoms with van der Waals surface area (Å²) in [6.45, 7) is 6.92. The average Bonchev–Trinajstić information content (AvgIpc) is 2.51. The van der Waals surface area contributed by atoms with Gasteiger partial charge in [-0.1, -0.05) is 32.0 Å². The minimum atomic E-state index is 0.190. The smallest absolute Gasteiger partial charge is 0.0938 e. The monoisotopic (exact) mass is 226 g/mol. The zero-order valence-corrected chi connectivity index (χ0v) is 10.9. The first-order valence-electron chi connectivity index (χ1n) is 6.14. The molecule has 0 saturated heterocycles. The summed E-state index contributed by atoms with van der Waals surface area (Å²) in [7, 11) is 2.17. The predicted molar refractivity (Wildman–Crippen MR) is 72.6 cm³/mol. The van der Waals surface area contributed by atoms with E-state index in [1.165, 1.54) is 16.6 Å². The summed E-state index contributed by atoms with van der Waals surface area (Å²) >= 11 is 0. The highest BCUT2D eigenvalue weighted by atomic mass is 15.2. The van der Waals surface area contributed by atoms with Gasteiger partial charge in [0.25, 0.3) is 0 Å². The number of benzene rings is 1. The van der Waals surface area contributed by atoms with Gasteiger partial charge in [-0.3, -0.25) is 4.98 Å². The molecule has 0 saturated carbocycles. The fourth-order valence-corrected chi connectivity index (χ4v) is 2.91. The van der Waals surface area contributed by atoms with Crippen molar-refractivity contribution in [3.8, 4) is 0 Å². The zero-order chi connectivity index (χ0) is 12.2. The quantitative estimate of drug-likeness (QED) is 0.685. The highest BCUT2D eigenvalue weighted by Crippen LogP contribution is 2.46. The molecule has 0 spiro atoms. The molecule has 0 N–H and O–H groups in total. The van der Waals surface area contributed by atoms with E-state index < -0.39 is 0 Å². The molecule has 1 atom stereocenters. The fourth-order valence-electron chi connectivity index (χ4n) is 2.91. The van der Waals surface area contributed by atoms with Crippen molar-refractivity contribution in [2.24, 2.45) is 0 Å². The van der Waals surface area contributed by atoms with Gasteiger partial charge < -0.3 is 4.90 Å². The number of nitrogens with zero attached hydrogens (tertiary/aromatic N) is 2. The molecule has 2 heteroatoms. The van der Waals surface area contributed by atoms with E-state index in [-0.39, 0.29) is 5.41 Å². The van der Waals surface area contributed by atoms with E-state index in [1.807, 2.05) is 12.3 Å². The summed E-state index contributed by atoms with van der Waals surface area (Å²) in [4.78, 5) is 6.93. The van der Waals surface area contributed by atoms with Crippen LogP contribution >= 0.6 is 0 Å². The first kappa shape index (κ1) is 10.6. The summed E-state index contributed by atoms with van der Waals surface area (Å²) in [5.41, 5.74) is 4.04. The Morgan fingerprint density at radius 3 is 2.76 bits per heavy atom. The van der Waals surface area contributed by atoms with Crippen LogP contribution in [0.2, 0.25) is 0 Å². The highest BCUT2D eigenvalue weighted by Gasteiger charge is 2.41. The topological polar surface area (TPSA) is 16.1 Å². The molecule has 2 heterocycles. The Morgan fingerprint density at radius 1 is 1.24 bits per heavy atom. The van der Waals surface area contributed by atoms with Gasteiger partial charge in [-0.05, 0) is 18.6 Å². The van der Waals surface area contributed by atoms with Crippen LogP contribution in [-0.2, 0) is 5.41 Å². The van der Waals surface area contributed by atoms with Crippen LogP contribution in [0, 0.1) is 0 Å². The van der Waals surface area contributed by atoms with E-state index >= 15 is 0 Å². The number of hydrogen-bond acceptors (Lipinski definition) is 2. The van der Waals surface area contributed by atoms with Crippen LogP contribution in [0.15, 0.2) is 30.5 Å². The molecule has 0 fully saturated rings. The lowest BCUT2D eigenvalue weighted by Gasteiger charge is -2.28. The number of aromatic nitrogens is 1. The van der Waals surface area contributed by atoms with Crippen LogP contribution in [0.4, 0.5) is 5.69 Å². The number of hydrogen-bond donors (Lipinski definition) is 0. The largest absolute Gasteiger partial charge is 0.369 e. The standard InChI is InChI=1S/C15H18N2/c1-10-15(2,3)12-8-7-11-6-5-9-16-13(11)14(12)17(10)4/h5-10H,1-4H3. The van der Waals surface area contributed by atoms with Crippen molar-refractivity contribution in [2.75, 3.05) is 11.9 Å². The summed E-state index contributed by atoms with van der Waals surface area (Å²) in [5, 5.41) is 1.23. The van der Waals surface area contributed by atoms with Crippen LogP contribution in [-0.4, -0.2) is 18.1 Å². The van der Waals surface area contributed by atoms with E-state index in [0.717, 1.165) is 5.52 Å². The SMILES string of the molecule is CC1N(C)c2c(ccc3cccnc23)C1(C)C. The lowest BCUT2D eigenvalue weighted by molar-refractivity contribution is 0.454. The molecule has 0 bridgehead atoms. The molecule has 1 aromatic heterocycles. The molecule has 2 nitrogen and oxygen atoms in total. The van der Waals surface area contributed by atoms with Crippen molar-refractivity contribution in [1.82, 2.24) is 4.98 Å². The molecular formula is C15H18N2. The molecule has 1 aliphatic heterocycles. The molecule has 17 heavy (non-hydrogen) atoms. The van der Waals surface area contributed by atoms with Gasteiger partial charge in [-0.15, -0.1) is 0 Å². The molecule has 0 amide bonds. The van der Waals surface area contributed by atoms with Crippen molar-refractivity contribution in [1.29, 1.82) is 0 Å². The van der Waals surface area contributed by atoms with Crippen LogP contribution in [0.3, 0.4) is 0 Å². The first-order valence-corrected chi connectivity index (χ1v) is 6.14. The van der Waals surface area contributed by atoms with Gasteiger partial charge >= 0.3 is 0 Å². The highest BCUT2D eigenvalue weighted by molar-refractivity contribution is 5.94. The van der Waals surface area contributed by atoms with Gasteiger partial charge in [0.2, 0.25) is 0 Å². The molecule has 1 aliphatic rings. The average molecular weight is 226 g/mol. The third-order valence-electron chi connectivity index (χ3n) is 4.42. The van der Waals surface area contributed by atoms with Gasteiger partial charge in [0.15, 0.2) is 0 Å². The Morgan fingerprint density at radius 2 is 2.00 bits per heavy atom. The molecule has 1 unspecified atom stereocenters. The van der Waals surface area contributed by atoms with Gasteiger partial charge in [-0.2, -0.15) is 0 Å². The Hall–Kier alpha value is -1.57. The minimum absolute atomic E-state index is 0.190. The predicted octanol–water partition coefficient (Wildman–Crippen LogP) is 3.35. The van der Waals surface area contributed by atoms with Crippen LogP contribution in [0.1, 0.15) is 26.3 Å². The van der Waals surface area contributed by atoms with Crippen LogP contribution in [0.25, 0.3) is 10.9 Å². The molecule has 0 aliphatic carbocycles. The third-order valence-corrected chi connectivity index (χ3v) is 4.42. The summed E-state index contributed by atoms with van der Waals surface area (Å²) in [6, 6.07) is 9.09. The molecule has 0 radical (unpaired) electrons. The second-order valence-corrected chi connectivity index (χ2v) is 5.55. The third kappa shape index (κ3) is 1.24. The van der Waals surface area contributed by atoms with E-state index in [9.17, 15) is 0 Å². The van der Waals surface area contributed by atoms with Crippen LogP contribution < -0.4 is 4.90 Å². The molecule has 2 aromatic rings.